The van der Waals surface area contributed by atoms with Crippen LogP contribution in [0.15, 0.2) is 24.4 Å². The highest BCUT2D eigenvalue weighted by Crippen LogP contribution is 2.15. The Bertz CT molecular complexity index is 299. The Morgan fingerprint density at radius 2 is 2.19 bits per heavy atom. The van der Waals surface area contributed by atoms with E-state index < -0.39 is 0 Å². The van der Waals surface area contributed by atoms with Gasteiger partial charge in [0, 0.05) is 17.9 Å². The smallest absolute Gasteiger partial charge is 0.0928 e. The van der Waals surface area contributed by atoms with E-state index >= 15 is 0 Å². The Labute approximate surface area is 97.5 Å². The average Bonchev–Trinajstić information content (AvgIpc) is 2.52. The van der Waals surface area contributed by atoms with Crippen LogP contribution in [0.3, 0.4) is 0 Å². The fourth-order valence-corrected chi connectivity index (χ4v) is 2.26. The fraction of sp³-hybridized carbons (Fsp3) is 0.615. The quantitative estimate of drug-likeness (QED) is 0.841. The first-order chi connectivity index (χ1) is 7.84. The molecule has 3 nitrogen and oxygen atoms in total. The third-order valence-electron chi connectivity index (χ3n) is 3.18. The number of aryl methyl sites for hydroxylation is 1. The van der Waals surface area contributed by atoms with Crippen molar-refractivity contribution < 1.29 is 0 Å². The van der Waals surface area contributed by atoms with Crippen LogP contribution in [0.1, 0.15) is 37.8 Å². The lowest BCUT2D eigenvalue weighted by Gasteiger charge is -2.17. The van der Waals surface area contributed by atoms with Gasteiger partial charge in [-0.25, -0.2) is 0 Å². The summed E-state index contributed by atoms with van der Waals surface area (Å²) in [6.07, 6.45) is 8.00. The summed E-state index contributed by atoms with van der Waals surface area (Å²) >= 11 is 0. The first-order valence-corrected chi connectivity index (χ1v) is 6.18. The zero-order chi connectivity index (χ0) is 11.2. The fourth-order valence-electron chi connectivity index (χ4n) is 2.26. The minimum absolute atomic E-state index is 0.309. The lowest BCUT2D eigenvalue weighted by Crippen LogP contribution is -2.37. The second-order valence-electron chi connectivity index (χ2n) is 4.52. The van der Waals surface area contributed by atoms with Crippen LogP contribution in [-0.4, -0.2) is 17.2 Å². The van der Waals surface area contributed by atoms with Crippen LogP contribution in [-0.2, 0) is 6.42 Å². The third-order valence-corrected chi connectivity index (χ3v) is 3.18. The van der Waals surface area contributed by atoms with E-state index in [-0.39, 0.29) is 6.17 Å². The first-order valence-electron chi connectivity index (χ1n) is 6.18. The lowest BCUT2D eigenvalue weighted by molar-refractivity contribution is 0.409. The van der Waals surface area contributed by atoms with Gasteiger partial charge >= 0.3 is 0 Å². The van der Waals surface area contributed by atoms with E-state index in [0.717, 1.165) is 31.4 Å². The second kappa shape index (κ2) is 5.97. The van der Waals surface area contributed by atoms with E-state index in [0.29, 0.717) is 6.04 Å². The van der Waals surface area contributed by atoms with Gasteiger partial charge in [0.05, 0.1) is 6.17 Å². The molecule has 2 radical (unpaired) electrons. The van der Waals surface area contributed by atoms with Crippen LogP contribution in [0.25, 0.3) is 0 Å². The molecular weight excluding hydrogens is 198 g/mol. The number of nitrogens with one attached hydrogen (secondary N) is 1. The minimum Gasteiger partial charge on any atom is -0.297 e. The van der Waals surface area contributed by atoms with Crippen molar-refractivity contribution >= 4 is 0 Å². The van der Waals surface area contributed by atoms with Crippen LogP contribution < -0.4 is 11.1 Å². The topological polar surface area (TPSA) is 47.2 Å². The summed E-state index contributed by atoms with van der Waals surface area (Å²) in [5.41, 5.74) is 10.8. The molecule has 86 valence electrons. The van der Waals surface area contributed by atoms with Crippen LogP contribution in [0.2, 0.25) is 0 Å². The van der Waals surface area contributed by atoms with Crippen molar-refractivity contribution in [3.8, 4) is 0 Å². The van der Waals surface area contributed by atoms with Gasteiger partial charge in [0.2, 0.25) is 0 Å². The van der Waals surface area contributed by atoms with E-state index in [1.165, 1.54) is 12.8 Å². The standard InChI is InChI=1S/C13H19N3/c14-13-7-2-1-6-12(16-13)9-8-11-5-3-4-10-15-11/h3-5,10,12-13,16H,1-2,6-9H2. The van der Waals surface area contributed by atoms with E-state index in [4.69, 9.17) is 0 Å². The number of hydrogen-bond acceptors (Lipinski definition) is 2. The maximum atomic E-state index is 9.63. The number of pyridine rings is 1. The Morgan fingerprint density at radius 1 is 1.31 bits per heavy atom. The summed E-state index contributed by atoms with van der Waals surface area (Å²) in [5, 5.41) is 3.28. The van der Waals surface area contributed by atoms with Gasteiger partial charge in [0.15, 0.2) is 0 Å². The van der Waals surface area contributed by atoms with Crippen LogP contribution >= 0.6 is 0 Å². The average molecular weight is 217 g/mol. The van der Waals surface area contributed by atoms with Gasteiger partial charge in [-0.2, -0.15) is 0 Å². The molecule has 1 aliphatic rings. The van der Waals surface area contributed by atoms with Gasteiger partial charge in [0.25, 0.3) is 0 Å². The Hall–Kier alpha value is -0.930. The lowest BCUT2D eigenvalue weighted by atomic mass is 10.0. The zero-order valence-electron chi connectivity index (χ0n) is 9.60. The molecule has 1 aromatic rings. The predicted octanol–water partition coefficient (Wildman–Crippen LogP) is 1.94. The van der Waals surface area contributed by atoms with Gasteiger partial charge in [-0.05, 0) is 37.8 Å². The molecule has 2 heterocycles. The van der Waals surface area contributed by atoms with E-state index in [1.807, 2.05) is 18.3 Å². The van der Waals surface area contributed by atoms with Crippen LogP contribution in [0, 0.1) is 0 Å². The van der Waals surface area contributed by atoms with E-state index in [2.05, 4.69) is 16.4 Å². The van der Waals surface area contributed by atoms with Gasteiger partial charge < -0.3 is 0 Å². The van der Waals surface area contributed by atoms with E-state index in [9.17, 15) is 5.73 Å². The summed E-state index contributed by atoms with van der Waals surface area (Å²) in [6.45, 7) is 0. The summed E-state index contributed by atoms with van der Waals surface area (Å²) in [5.74, 6) is 0. The largest absolute Gasteiger partial charge is 0.297 e. The molecule has 1 saturated heterocycles. The highest BCUT2D eigenvalue weighted by molar-refractivity contribution is 5.03. The summed E-state index contributed by atoms with van der Waals surface area (Å²) in [7, 11) is 0. The molecule has 0 spiro atoms. The molecule has 0 aromatic carbocycles. The number of aromatic nitrogens is 1. The van der Waals surface area contributed by atoms with Gasteiger partial charge in [-0.3, -0.25) is 10.3 Å². The molecule has 1 fully saturated rings. The Kier molecular flexibility index (Phi) is 4.31. The molecule has 16 heavy (non-hydrogen) atoms. The first kappa shape index (κ1) is 11.6. The SMILES string of the molecule is [N]C1CCCCC(CCc2ccccn2)N1. The van der Waals surface area contributed by atoms with Gasteiger partial charge in [-0.1, -0.05) is 18.9 Å². The highest BCUT2D eigenvalue weighted by Gasteiger charge is 2.17. The van der Waals surface area contributed by atoms with Crippen LogP contribution in [0.4, 0.5) is 0 Å². The van der Waals surface area contributed by atoms with E-state index in [1.54, 1.807) is 0 Å². The normalized spacial score (nSPS) is 26.3. The molecule has 2 atom stereocenters. The van der Waals surface area contributed by atoms with Crippen molar-refractivity contribution in [2.75, 3.05) is 0 Å². The minimum atomic E-state index is -0.309. The van der Waals surface area contributed by atoms with Crippen molar-refractivity contribution in [2.24, 2.45) is 0 Å². The molecule has 1 aromatic heterocycles. The summed E-state index contributed by atoms with van der Waals surface area (Å²) < 4.78 is 0. The molecule has 1 aliphatic heterocycles. The van der Waals surface area contributed by atoms with Crippen molar-refractivity contribution in [1.29, 1.82) is 0 Å². The Balaban J connectivity index is 1.80. The maximum absolute atomic E-state index is 9.63. The predicted molar refractivity (Wildman–Crippen MR) is 63.9 cm³/mol. The molecule has 3 heteroatoms. The van der Waals surface area contributed by atoms with Crippen LogP contribution in [0.5, 0.6) is 0 Å². The van der Waals surface area contributed by atoms with Crippen molar-refractivity contribution in [1.82, 2.24) is 16.0 Å². The Morgan fingerprint density at radius 3 is 3.00 bits per heavy atom. The highest BCUT2D eigenvalue weighted by atomic mass is 15.0. The molecule has 0 saturated carbocycles. The third kappa shape index (κ3) is 3.58. The molecule has 1 N–H and O–H groups in total. The monoisotopic (exact) mass is 217 g/mol. The maximum Gasteiger partial charge on any atom is 0.0928 e. The molecule has 0 amide bonds. The molecule has 0 bridgehead atoms. The second-order valence-corrected chi connectivity index (χ2v) is 4.52. The van der Waals surface area contributed by atoms with Crippen molar-refractivity contribution in [2.45, 2.75) is 50.7 Å². The number of hydrogen-bond donors (Lipinski definition) is 1. The summed E-state index contributed by atoms with van der Waals surface area (Å²) in [4.78, 5) is 4.32. The number of rotatable bonds is 3. The summed E-state index contributed by atoms with van der Waals surface area (Å²) in [6, 6.07) is 6.47. The molecule has 2 unspecified atom stereocenters. The number of nitrogens with zero attached hydrogens (tertiary/aromatic N) is 2. The molecule has 0 aliphatic carbocycles. The van der Waals surface area contributed by atoms with Crippen molar-refractivity contribution in [3.63, 3.8) is 0 Å². The zero-order valence-corrected chi connectivity index (χ0v) is 9.60. The molecule has 2 rings (SSSR count). The van der Waals surface area contributed by atoms with Gasteiger partial charge in [0.1, 0.15) is 0 Å². The van der Waals surface area contributed by atoms with Gasteiger partial charge in [-0.15, -0.1) is 5.73 Å². The van der Waals surface area contributed by atoms with Crippen molar-refractivity contribution in [3.05, 3.63) is 30.1 Å². The molecular formula is C13H19N3.